The third kappa shape index (κ3) is 3.53. The molecule has 3 N–H and O–H groups in total. The summed E-state index contributed by atoms with van der Waals surface area (Å²) in [7, 11) is 0. The van der Waals surface area contributed by atoms with Gasteiger partial charge in [0, 0.05) is 5.41 Å². The summed E-state index contributed by atoms with van der Waals surface area (Å²) in [4.78, 5) is 16.0. The van der Waals surface area contributed by atoms with Crippen LogP contribution in [0.15, 0.2) is 4.52 Å². The number of nitrogens with two attached hydrogens (primary N) is 1. The minimum absolute atomic E-state index is 0.182. The van der Waals surface area contributed by atoms with E-state index in [4.69, 9.17) is 10.3 Å². The highest BCUT2D eigenvalue weighted by Crippen LogP contribution is 2.20. The highest BCUT2D eigenvalue weighted by molar-refractivity contribution is 5.85. The van der Waals surface area contributed by atoms with Crippen molar-refractivity contribution < 1.29 is 9.32 Å². The van der Waals surface area contributed by atoms with Crippen LogP contribution in [0.25, 0.3) is 0 Å². The summed E-state index contributed by atoms with van der Waals surface area (Å²) in [6, 6.07) is -0.357. The van der Waals surface area contributed by atoms with Crippen LogP contribution in [0.2, 0.25) is 0 Å². The van der Waals surface area contributed by atoms with Gasteiger partial charge in [0.05, 0.1) is 5.54 Å². The van der Waals surface area contributed by atoms with Gasteiger partial charge in [-0.15, -0.1) is 0 Å². The molecule has 102 valence electrons. The Labute approximate surface area is 107 Å². The van der Waals surface area contributed by atoms with Gasteiger partial charge in [-0.05, 0) is 20.8 Å². The quantitative estimate of drug-likeness (QED) is 0.847. The Morgan fingerprint density at radius 1 is 1.33 bits per heavy atom. The molecule has 1 atom stereocenters. The zero-order valence-corrected chi connectivity index (χ0v) is 11.9. The molecule has 0 saturated carbocycles. The van der Waals surface area contributed by atoms with Crippen molar-refractivity contribution >= 4 is 5.91 Å². The third-order valence-electron chi connectivity index (χ3n) is 2.42. The number of amides is 1. The minimum Gasteiger partial charge on any atom is -0.343 e. The number of aromatic nitrogens is 2. The fourth-order valence-electron chi connectivity index (χ4n) is 1.16. The number of nitrogens with one attached hydrogen (secondary N) is 1. The molecule has 0 aliphatic carbocycles. The van der Waals surface area contributed by atoms with Crippen molar-refractivity contribution in [2.45, 2.75) is 58.5 Å². The molecular weight excluding hydrogens is 232 g/mol. The highest BCUT2D eigenvalue weighted by Gasteiger charge is 2.27. The van der Waals surface area contributed by atoms with E-state index in [1.807, 2.05) is 20.8 Å². The lowest BCUT2D eigenvalue weighted by atomic mass is 9.96. The molecule has 0 spiro atoms. The Hall–Kier alpha value is -1.43. The van der Waals surface area contributed by atoms with E-state index in [0.717, 1.165) is 0 Å². The van der Waals surface area contributed by atoms with Crippen molar-refractivity contribution in [3.63, 3.8) is 0 Å². The fourth-order valence-corrected chi connectivity index (χ4v) is 1.16. The molecule has 18 heavy (non-hydrogen) atoms. The van der Waals surface area contributed by atoms with Gasteiger partial charge >= 0.3 is 0 Å². The van der Waals surface area contributed by atoms with Crippen LogP contribution in [-0.4, -0.2) is 21.6 Å². The number of hydrogen-bond acceptors (Lipinski definition) is 5. The average Bonchev–Trinajstić information content (AvgIpc) is 2.63. The van der Waals surface area contributed by atoms with Gasteiger partial charge in [0.2, 0.25) is 11.8 Å². The molecule has 1 heterocycles. The summed E-state index contributed by atoms with van der Waals surface area (Å²) in [6.45, 7) is 11.0. The summed E-state index contributed by atoms with van der Waals surface area (Å²) >= 11 is 0. The van der Waals surface area contributed by atoms with Gasteiger partial charge in [0.25, 0.3) is 0 Å². The molecule has 0 radical (unpaired) electrons. The molecule has 0 aromatic carbocycles. The molecule has 1 aromatic heterocycles. The smallest absolute Gasteiger partial charge is 0.248 e. The molecule has 0 saturated heterocycles. The van der Waals surface area contributed by atoms with E-state index in [2.05, 4.69) is 15.5 Å². The largest absolute Gasteiger partial charge is 0.343 e. The first-order valence-electron chi connectivity index (χ1n) is 5.96. The van der Waals surface area contributed by atoms with E-state index >= 15 is 0 Å². The molecular formula is C12H22N4O2. The second kappa shape index (κ2) is 4.68. The monoisotopic (exact) mass is 254 g/mol. The molecule has 1 unspecified atom stereocenters. The van der Waals surface area contributed by atoms with Crippen LogP contribution in [0.5, 0.6) is 0 Å². The van der Waals surface area contributed by atoms with Crippen LogP contribution in [-0.2, 0) is 10.2 Å². The van der Waals surface area contributed by atoms with Crippen LogP contribution in [0.1, 0.15) is 59.3 Å². The van der Waals surface area contributed by atoms with Crippen LogP contribution < -0.4 is 11.1 Å². The maximum atomic E-state index is 11.7. The normalized spacial score (nSPS) is 14.4. The number of rotatable bonds is 3. The predicted molar refractivity (Wildman–Crippen MR) is 67.8 cm³/mol. The Balaban J connectivity index is 2.77. The number of nitrogens with zero attached hydrogens (tertiary/aromatic N) is 2. The highest BCUT2D eigenvalue weighted by atomic mass is 16.5. The van der Waals surface area contributed by atoms with E-state index in [1.165, 1.54) is 0 Å². The van der Waals surface area contributed by atoms with Gasteiger partial charge in [-0.3, -0.25) is 4.79 Å². The first kappa shape index (κ1) is 14.6. The van der Waals surface area contributed by atoms with Crippen molar-refractivity contribution in [3.05, 3.63) is 11.7 Å². The molecule has 1 amide bonds. The maximum Gasteiger partial charge on any atom is 0.248 e. The molecule has 1 rings (SSSR count). The molecule has 6 nitrogen and oxygen atoms in total. The van der Waals surface area contributed by atoms with Gasteiger partial charge in [0.15, 0.2) is 5.82 Å². The summed E-state index contributed by atoms with van der Waals surface area (Å²) in [5.74, 6) is 0.744. The summed E-state index contributed by atoms with van der Waals surface area (Å²) in [5.41, 5.74) is 4.59. The number of carbonyl (C=O) groups excluding carboxylic acids is 1. The molecule has 0 bridgehead atoms. The Morgan fingerprint density at radius 3 is 2.28 bits per heavy atom. The van der Waals surface area contributed by atoms with Crippen molar-refractivity contribution in [2.75, 3.05) is 0 Å². The zero-order valence-electron chi connectivity index (χ0n) is 11.9. The van der Waals surface area contributed by atoms with Crippen LogP contribution in [0, 0.1) is 0 Å². The summed E-state index contributed by atoms with van der Waals surface area (Å²) in [6.07, 6.45) is 0. The topological polar surface area (TPSA) is 94.0 Å². The van der Waals surface area contributed by atoms with Crippen LogP contribution in [0.3, 0.4) is 0 Å². The van der Waals surface area contributed by atoms with Crippen molar-refractivity contribution in [2.24, 2.45) is 5.73 Å². The lowest BCUT2D eigenvalue weighted by Gasteiger charge is -2.20. The maximum absolute atomic E-state index is 11.7. The lowest BCUT2D eigenvalue weighted by Crippen LogP contribution is -2.49. The number of carbonyl (C=O) groups is 1. The minimum atomic E-state index is -0.929. The molecule has 6 heteroatoms. The van der Waals surface area contributed by atoms with Gasteiger partial charge in [-0.25, -0.2) is 0 Å². The van der Waals surface area contributed by atoms with Crippen molar-refractivity contribution in [3.8, 4) is 0 Å². The SMILES string of the molecule is CC(NC(=O)C(C)(C)N)c1nc(C(C)(C)C)no1. The lowest BCUT2D eigenvalue weighted by molar-refractivity contribution is -0.126. The van der Waals surface area contributed by atoms with Crippen molar-refractivity contribution in [1.29, 1.82) is 0 Å². The molecule has 1 aromatic rings. The molecule has 0 fully saturated rings. The summed E-state index contributed by atoms with van der Waals surface area (Å²) < 4.78 is 5.15. The Kier molecular flexibility index (Phi) is 3.81. The standard InChI is InChI=1S/C12H22N4O2/c1-7(14-10(17)12(5,6)13)8-15-9(16-18-8)11(2,3)4/h7H,13H2,1-6H3,(H,14,17). The van der Waals surface area contributed by atoms with Gasteiger partial charge in [-0.1, -0.05) is 25.9 Å². The first-order valence-corrected chi connectivity index (χ1v) is 5.96. The van der Waals surface area contributed by atoms with Crippen molar-refractivity contribution in [1.82, 2.24) is 15.5 Å². The third-order valence-corrected chi connectivity index (χ3v) is 2.42. The summed E-state index contributed by atoms with van der Waals surface area (Å²) in [5, 5.41) is 6.65. The van der Waals surface area contributed by atoms with Gasteiger partial charge in [0.1, 0.15) is 6.04 Å². The fraction of sp³-hybridized carbons (Fsp3) is 0.750. The van der Waals surface area contributed by atoms with E-state index in [1.54, 1.807) is 20.8 Å². The second-order valence-corrected chi connectivity index (χ2v) is 6.12. The zero-order chi connectivity index (χ0) is 14.1. The number of hydrogen-bond donors (Lipinski definition) is 2. The Bertz CT molecular complexity index is 426. The molecule has 0 aliphatic heterocycles. The average molecular weight is 254 g/mol. The van der Waals surface area contributed by atoms with Gasteiger partial charge in [-0.2, -0.15) is 4.98 Å². The first-order chi connectivity index (χ1) is 8.01. The van der Waals surface area contributed by atoms with E-state index in [-0.39, 0.29) is 17.4 Å². The van der Waals surface area contributed by atoms with E-state index in [0.29, 0.717) is 11.7 Å². The van der Waals surface area contributed by atoms with E-state index < -0.39 is 5.54 Å². The van der Waals surface area contributed by atoms with Gasteiger partial charge < -0.3 is 15.6 Å². The van der Waals surface area contributed by atoms with Crippen LogP contribution >= 0.6 is 0 Å². The molecule has 0 aliphatic rings. The van der Waals surface area contributed by atoms with E-state index in [9.17, 15) is 4.79 Å². The van der Waals surface area contributed by atoms with Crippen LogP contribution in [0.4, 0.5) is 0 Å². The Morgan fingerprint density at radius 2 is 1.89 bits per heavy atom. The second-order valence-electron chi connectivity index (χ2n) is 6.12. The predicted octanol–water partition coefficient (Wildman–Crippen LogP) is 1.28.